The maximum Gasteiger partial charge on any atom is 0.227 e. The molecule has 1 N–H and O–H groups in total. The highest BCUT2D eigenvalue weighted by atomic mass is 16.5. The van der Waals surface area contributed by atoms with Gasteiger partial charge in [-0.2, -0.15) is 0 Å². The van der Waals surface area contributed by atoms with Crippen molar-refractivity contribution in [3.63, 3.8) is 0 Å². The van der Waals surface area contributed by atoms with Crippen molar-refractivity contribution in [3.8, 4) is 11.5 Å². The molecule has 0 aromatic heterocycles. The molecule has 20 heavy (non-hydrogen) atoms. The highest BCUT2D eigenvalue weighted by Gasteiger charge is 2.17. The predicted octanol–water partition coefficient (Wildman–Crippen LogP) is 1.07. The van der Waals surface area contributed by atoms with Gasteiger partial charge in [-0.05, 0) is 19.0 Å². The van der Waals surface area contributed by atoms with E-state index in [1.165, 1.54) is 0 Å². The summed E-state index contributed by atoms with van der Waals surface area (Å²) in [5.41, 5.74) is 0.899. The van der Waals surface area contributed by atoms with Crippen LogP contribution in [-0.2, 0) is 11.2 Å². The second kappa shape index (κ2) is 7.14. The molecule has 5 nitrogen and oxygen atoms in total. The molecule has 1 aromatic rings. The van der Waals surface area contributed by atoms with E-state index in [1.54, 1.807) is 14.2 Å². The topological polar surface area (TPSA) is 50.8 Å². The van der Waals surface area contributed by atoms with Crippen LogP contribution in [0.1, 0.15) is 12.0 Å². The van der Waals surface area contributed by atoms with Gasteiger partial charge in [0.05, 0.1) is 20.6 Å². The number of rotatable bonds is 4. The summed E-state index contributed by atoms with van der Waals surface area (Å²) >= 11 is 0. The third-order valence-corrected chi connectivity index (χ3v) is 3.53. The fraction of sp³-hybridized carbons (Fsp3) is 0.533. The van der Waals surface area contributed by atoms with Crippen molar-refractivity contribution in [2.24, 2.45) is 0 Å². The van der Waals surface area contributed by atoms with Crippen molar-refractivity contribution in [2.45, 2.75) is 12.8 Å². The second-order valence-corrected chi connectivity index (χ2v) is 4.84. The van der Waals surface area contributed by atoms with Gasteiger partial charge in [0.2, 0.25) is 5.91 Å². The monoisotopic (exact) mass is 278 g/mol. The molecule has 0 saturated carbocycles. The van der Waals surface area contributed by atoms with E-state index in [-0.39, 0.29) is 5.91 Å². The zero-order valence-electron chi connectivity index (χ0n) is 12.1. The predicted molar refractivity (Wildman–Crippen MR) is 77.3 cm³/mol. The average Bonchev–Trinajstić information content (AvgIpc) is 2.76. The number of hydrogen-bond acceptors (Lipinski definition) is 4. The summed E-state index contributed by atoms with van der Waals surface area (Å²) in [4.78, 5) is 14.3. The first-order valence-electron chi connectivity index (χ1n) is 6.94. The lowest BCUT2D eigenvalue weighted by Crippen LogP contribution is -2.35. The van der Waals surface area contributed by atoms with E-state index < -0.39 is 0 Å². The highest BCUT2D eigenvalue weighted by Crippen LogP contribution is 2.25. The Morgan fingerprint density at radius 1 is 1.25 bits per heavy atom. The summed E-state index contributed by atoms with van der Waals surface area (Å²) in [5.74, 6) is 1.58. The zero-order chi connectivity index (χ0) is 14.4. The van der Waals surface area contributed by atoms with Gasteiger partial charge >= 0.3 is 0 Å². The summed E-state index contributed by atoms with van der Waals surface area (Å²) in [6.45, 7) is 3.45. The average molecular weight is 278 g/mol. The third kappa shape index (κ3) is 3.63. The van der Waals surface area contributed by atoms with E-state index in [4.69, 9.17) is 9.47 Å². The molecule has 1 aliphatic rings. The molecule has 0 bridgehead atoms. The molecular formula is C15H22N2O3. The van der Waals surface area contributed by atoms with Crippen LogP contribution in [0, 0.1) is 0 Å². The van der Waals surface area contributed by atoms with Gasteiger partial charge in [0.25, 0.3) is 0 Å². The lowest BCUT2D eigenvalue weighted by molar-refractivity contribution is -0.130. The van der Waals surface area contributed by atoms with E-state index in [0.29, 0.717) is 12.2 Å². The number of ether oxygens (including phenoxy) is 2. The van der Waals surface area contributed by atoms with Gasteiger partial charge in [0.1, 0.15) is 11.5 Å². The summed E-state index contributed by atoms with van der Waals surface area (Å²) in [6.07, 6.45) is 1.37. The Bertz CT molecular complexity index is 454. The lowest BCUT2D eigenvalue weighted by Gasteiger charge is -2.20. The minimum atomic E-state index is 0.150. The zero-order valence-corrected chi connectivity index (χ0v) is 12.1. The Morgan fingerprint density at radius 2 is 2.10 bits per heavy atom. The van der Waals surface area contributed by atoms with Gasteiger partial charge in [-0.15, -0.1) is 0 Å². The molecule has 0 unspecified atom stereocenters. The number of nitrogens with zero attached hydrogens (tertiary/aromatic N) is 1. The molecule has 1 fully saturated rings. The van der Waals surface area contributed by atoms with Gasteiger partial charge in [0, 0.05) is 31.3 Å². The van der Waals surface area contributed by atoms with Crippen LogP contribution < -0.4 is 14.8 Å². The smallest absolute Gasteiger partial charge is 0.227 e. The molecular weight excluding hydrogens is 256 g/mol. The second-order valence-electron chi connectivity index (χ2n) is 4.84. The number of carbonyl (C=O) groups is 1. The molecule has 110 valence electrons. The van der Waals surface area contributed by atoms with Gasteiger partial charge in [-0.1, -0.05) is 6.07 Å². The lowest BCUT2D eigenvalue weighted by atomic mass is 10.1. The summed E-state index contributed by atoms with van der Waals surface area (Å²) in [6, 6.07) is 5.56. The van der Waals surface area contributed by atoms with Crippen molar-refractivity contribution in [1.29, 1.82) is 0 Å². The SMILES string of the molecule is COc1ccc(CC(=O)N2CCCNCC2)c(OC)c1. The molecule has 2 rings (SSSR count). The Hall–Kier alpha value is -1.75. The largest absolute Gasteiger partial charge is 0.497 e. The molecule has 1 aromatic carbocycles. The van der Waals surface area contributed by atoms with Crippen molar-refractivity contribution in [2.75, 3.05) is 40.4 Å². The molecule has 0 atom stereocenters. The first-order chi connectivity index (χ1) is 9.74. The number of carbonyl (C=O) groups excluding carboxylic acids is 1. The van der Waals surface area contributed by atoms with Crippen molar-refractivity contribution in [1.82, 2.24) is 10.2 Å². The minimum absolute atomic E-state index is 0.150. The van der Waals surface area contributed by atoms with E-state index in [9.17, 15) is 4.79 Å². The van der Waals surface area contributed by atoms with Gasteiger partial charge in [-0.3, -0.25) is 4.79 Å². The molecule has 0 spiro atoms. The fourth-order valence-electron chi connectivity index (χ4n) is 2.37. The highest BCUT2D eigenvalue weighted by molar-refractivity contribution is 5.79. The fourth-order valence-corrected chi connectivity index (χ4v) is 2.37. The maximum absolute atomic E-state index is 12.4. The first kappa shape index (κ1) is 14.7. The van der Waals surface area contributed by atoms with Crippen LogP contribution in [0.2, 0.25) is 0 Å². The third-order valence-electron chi connectivity index (χ3n) is 3.53. The Kier molecular flexibility index (Phi) is 5.24. The van der Waals surface area contributed by atoms with E-state index in [2.05, 4.69) is 5.32 Å². The van der Waals surface area contributed by atoms with Crippen molar-refractivity contribution in [3.05, 3.63) is 23.8 Å². The van der Waals surface area contributed by atoms with Gasteiger partial charge < -0.3 is 19.7 Å². The van der Waals surface area contributed by atoms with E-state index in [1.807, 2.05) is 23.1 Å². The van der Waals surface area contributed by atoms with Crippen LogP contribution in [0.25, 0.3) is 0 Å². The van der Waals surface area contributed by atoms with Crippen molar-refractivity contribution >= 4 is 5.91 Å². The van der Waals surface area contributed by atoms with Crippen LogP contribution >= 0.6 is 0 Å². The Morgan fingerprint density at radius 3 is 2.85 bits per heavy atom. The normalized spacial score (nSPS) is 15.6. The van der Waals surface area contributed by atoms with Gasteiger partial charge in [-0.25, -0.2) is 0 Å². The standard InChI is InChI=1S/C15H22N2O3/c1-19-13-5-4-12(14(11-13)20-2)10-15(18)17-8-3-6-16-7-9-17/h4-5,11,16H,3,6-10H2,1-2H3. The van der Waals surface area contributed by atoms with Crippen molar-refractivity contribution < 1.29 is 14.3 Å². The van der Waals surface area contributed by atoms with Crippen LogP contribution in [0.15, 0.2) is 18.2 Å². The minimum Gasteiger partial charge on any atom is -0.497 e. The van der Waals surface area contributed by atoms with Crippen LogP contribution in [0.5, 0.6) is 11.5 Å². The molecule has 5 heteroatoms. The maximum atomic E-state index is 12.4. The summed E-state index contributed by atoms with van der Waals surface area (Å²) in [7, 11) is 3.22. The first-order valence-corrected chi connectivity index (χ1v) is 6.94. The quantitative estimate of drug-likeness (QED) is 0.895. The van der Waals surface area contributed by atoms with E-state index in [0.717, 1.165) is 43.9 Å². The summed E-state index contributed by atoms with van der Waals surface area (Å²) < 4.78 is 10.5. The molecule has 0 radical (unpaired) electrons. The number of amides is 1. The molecule has 1 amide bonds. The number of nitrogens with one attached hydrogen (secondary N) is 1. The number of hydrogen-bond donors (Lipinski definition) is 1. The van der Waals surface area contributed by atoms with Gasteiger partial charge in [0.15, 0.2) is 0 Å². The Balaban J connectivity index is 2.06. The molecule has 1 heterocycles. The van der Waals surface area contributed by atoms with Crippen LogP contribution in [0.3, 0.4) is 0 Å². The number of benzene rings is 1. The summed E-state index contributed by atoms with van der Waals surface area (Å²) in [5, 5.41) is 3.30. The molecule has 0 aliphatic carbocycles. The van der Waals surface area contributed by atoms with Crippen LogP contribution in [0.4, 0.5) is 0 Å². The molecule has 1 saturated heterocycles. The van der Waals surface area contributed by atoms with Crippen LogP contribution in [-0.4, -0.2) is 51.2 Å². The number of methoxy groups -OCH3 is 2. The van der Waals surface area contributed by atoms with E-state index >= 15 is 0 Å². The Labute approximate surface area is 119 Å². The molecule has 1 aliphatic heterocycles.